The van der Waals surface area contributed by atoms with E-state index in [-0.39, 0.29) is 16.6 Å². The lowest BCUT2D eigenvalue weighted by atomic mass is 10.0. The van der Waals surface area contributed by atoms with Crippen LogP contribution in [0.5, 0.6) is 0 Å². The van der Waals surface area contributed by atoms with Crippen LogP contribution in [0.4, 0.5) is 0 Å². The van der Waals surface area contributed by atoms with Crippen molar-refractivity contribution in [2.75, 3.05) is 13.1 Å². The Bertz CT molecular complexity index is 579. The van der Waals surface area contributed by atoms with Crippen LogP contribution in [0.15, 0.2) is 10.9 Å². The zero-order chi connectivity index (χ0) is 14.9. The number of fused-ring (bicyclic) bond motifs is 1. The van der Waals surface area contributed by atoms with Crippen LogP contribution in [0.1, 0.15) is 50.1 Å². The summed E-state index contributed by atoms with van der Waals surface area (Å²) in [6, 6.07) is 2.08. The first kappa shape index (κ1) is 15.2. The molecule has 1 atom stereocenters. The summed E-state index contributed by atoms with van der Waals surface area (Å²) in [5.74, 6) is 0. The molecular formula is C15H23N3OS. The van der Waals surface area contributed by atoms with E-state index in [1.54, 1.807) is 0 Å². The number of nitrogens with two attached hydrogens (primary N) is 1. The maximum Gasteiger partial charge on any atom is 0.261 e. The van der Waals surface area contributed by atoms with E-state index in [1.165, 1.54) is 5.56 Å². The molecule has 0 aromatic carbocycles. The second-order valence-corrected chi connectivity index (χ2v) is 5.89. The quantitative estimate of drug-likeness (QED) is 0.861. The molecule has 20 heavy (non-hydrogen) atoms. The fourth-order valence-electron chi connectivity index (χ4n) is 2.82. The molecule has 2 rings (SSSR count). The third-order valence-corrected chi connectivity index (χ3v) is 4.45. The van der Waals surface area contributed by atoms with Crippen molar-refractivity contribution in [2.24, 2.45) is 5.73 Å². The molecule has 0 saturated carbocycles. The normalized spacial score (nSPS) is 16.8. The predicted molar refractivity (Wildman–Crippen MR) is 86.2 cm³/mol. The summed E-state index contributed by atoms with van der Waals surface area (Å²) in [6.07, 6.45) is 1.84. The summed E-state index contributed by atoms with van der Waals surface area (Å²) in [5, 5.41) is 0. The maximum absolute atomic E-state index is 12.6. The first-order valence-electron chi connectivity index (χ1n) is 7.29. The standard InChI is InChI=1S/C15H23N3OS/c1-4-10(3)18-13-6-7-17(5-2)9-11(13)8-12(14(16)20)15(18)19/h8,10H,4-7,9H2,1-3H3,(H2,16,20). The van der Waals surface area contributed by atoms with Gasteiger partial charge in [0, 0.05) is 31.2 Å². The van der Waals surface area contributed by atoms with E-state index >= 15 is 0 Å². The molecule has 0 amide bonds. The van der Waals surface area contributed by atoms with E-state index in [2.05, 4.69) is 25.7 Å². The average Bonchev–Trinajstić information content (AvgIpc) is 2.45. The lowest BCUT2D eigenvalue weighted by Gasteiger charge is -2.31. The molecule has 0 fully saturated rings. The largest absolute Gasteiger partial charge is 0.389 e. The van der Waals surface area contributed by atoms with Crippen LogP contribution >= 0.6 is 12.2 Å². The fourth-order valence-corrected chi connectivity index (χ4v) is 2.97. The van der Waals surface area contributed by atoms with Gasteiger partial charge >= 0.3 is 0 Å². The molecule has 2 heterocycles. The molecule has 1 aromatic rings. The highest BCUT2D eigenvalue weighted by atomic mass is 32.1. The second kappa shape index (κ2) is 6.06. The number of hydrogen-bond donors (Lipinski definition) is 1. The zero-order valence-corrected chi connectivity index (χ0v) is 13.3. The molecular weight excluding hydrogens is 270 g/mol. The second-order valence-electron chi connectivity index (χ2n) is 5.45. The molecule has 0 aliphatic carbocycles. The van der Waals surface area contributed by atoms with Gasteiger partial charge in [0.05, 0.1) is 5.56 Å². The van der Waals surface area contributed by atoms with Gasteiger partial charge in [0.15, 0.2) is 0 Å². The van der Waals surface area contributed by atoms with Crippen LogP contribution in [0.25, 0.3) is 0 Å². The summed E-state index contributed by atoms with van der Waals surface area (Å²) < 4.78 is 1.91. The highest BCUT2D eigenvalue weighted by Gasteiger charge is 2.23. The number of aromatic nitrogens is 1. The van der Waals surface area contributed by atoms with Crippen molar-refractivity contribution in [3.05, 3.63) is 33.2 Å². The highest BCUT2D eigenvalue weighted by Crippen LogP contribution is 2.22. The van der Waals surface area contributed by atoms with Gasteiger partial charge in [-0.2, -0.15) is 0 Å². The molecule has 1 aromatic heterocycles. The van der Waals surface area contributed by atoms with E-state index in [1.807, 2.05) is 10.6 Å². The van der Waals surface area contributed by atoms with Gasteiger partial charge in [0.1, 0.15) is 4.99 Å². The molecule has 4 nitrogen and oxygen atoms in total. The molecule has 0 bridgehead atoms. The fraction of sp³-hybridized carbons (Fsp3) is 0.600. The van der Waals surface area contributed by atoms with Gasteiger partial charge in [-0.05, 0) is 31.5 Å². The molecule has 0 saturated heterocycles. The molecule has 1 aliphatic heterocycles. The van der Waals surface area contributed by atoms with E-state index in [0.29, 0.717) is 5.56 Å². The van der Waals surface area contributed by atoms with Crippen LogP contribution in [0.3, 0.4) is 0 Å². The molecule has 110 valence electrons. The number of thiocarbonyl (C=S) groups is 1. The van der Waals surface area contributed by atoms with E-state index in [0.717, 1.165) is 38.2 Å². The van der Waals surface area contributed by atoms with Gasteiger partial charge in [-0.25, -0.2) is 0 Å². The molecule has 1 aliphatic rings. The monoisotopic (exact) mass is 293 g/mol. The van der Waals surface area contributed by atoms with Gasteiger partial charge in [0.2, 0.25) is 0 Å². The number of pyridine rings is 1. The number of likely N-dealkylation sites (N-methyl/N-ethyl adjacent to an activating group) is 1. The smallest absolute Gasteiger partial charge is 0.261 e. The summed E-state index contributed by atoms with van der Waals surface area (Å²) in [4.78, 5) is 15.2. The van der Waals surface area contributed by atoms with Crippen molar-refractivity contribution in [2.45, 2.75) is 46.2 Å². The van der Waals surface area contributed by atoms with Crippen LogP contribution in [-0.2, 0) is 13.0 Å². The molecule has 0 radical (unpaired) electrons. The lowest BCUT2D eigenvalue weighted by molar-refractivity contribution is 0.259. The Morgan fingerprint density at radius 1 is 1.50 bits per heavy atom. The predicted octanol–water partition coefficient (Wildman–Crippen LogP) is 1.83. The molecule has 5 heteroatoms. The summed E-state index contributed by atoms with van der Waals surface area (Å²) in [6.45, 7) is 9.23. The topological polar surface area (TPSA) is 51.3 Å². The van der Waals surface area contributed by atoms with E-state index < -0.39 is 0 Å². The van der Waals surface area contributed by atoms with Crippen molar-refractivity contribution in [3.8, 4) is 0 Å². The van der Waals surface area contributed by atoms with Gasteiger partial charge < -0.3 is 10.3 Å². The Balaban J connectivity index is 2.63. The maximum atomic E-state index is 12.6. The van der Waals surface area contributed by atoms with Gasteiger partial charge in [-0.1, -0.05) is 26.1 Å². The van der Waals surface area contributed by atoms with Crippen LogP contribution in [0.2, 0.25) is 0 Å². The average molecular weight is 293 g/mol. The Labute approximate surface area is 125 Å². The Morgan fingerprint density at radius 3 is 2.75 bits per heavy atom. The number of hydrogen-bond acceptors (Lipinski definition) is 3. The summed E-state index contributed by atoms with van der Waals surface area (Å²) in [7, 11) is 0. The van der Waals surface area contributed by atoms with Crippen molar-refractivity contribution in [1.29, 1.82) is 0 Å². The minimum Gasteiger partial charge on any atom is -0.389 e. The lowest BCUT2D eigenvalue weighted by Crippen LogP contribution is -2.39. The minimum atomic E-state index is -0.0319. The Hall–Kier alpha value is -1.20. The van der Waals surface area contributed by atoms with Crippen molar-refractivity contribution >= 4 is 17.2 Å². The Morgan fingerprint density at radius 2 is 2.20 bits per heavy atom. The van der Waals surface area contributed by atoms with Crippen LogP contribution < -0.4 is 11.3 Å². The zero-order valence-electron chi connectivity index (χ0n) is 12.5. The van der Waals surface area contributed by atoms with Crippen LogP contribution in [0, 0.1) is 0 Å². The van der Waals surface area contributed by atoms with Crippen molar-refractivity contribution < 1.29 is 0 Å². The van der Waals surface area contributed by atoms with Crippen molar-refractivity contribution in [3.63, 3.8) is 0 Å². The van der Waals surface area contributed by atoms with Gasteiger partial charge in [-0.15, -0.1) is 0 Å². The summed E-state index contributed by atoms with van der Waals surface area (Å²) in [5.41, 5.74) is 8.54. The third-order valence-electron chi connectivity index (χ3n) is 4.23. The number of nitrogens with zero attached hydrogens (tertiary/aromatic N) is 2. The van der Waals surface area contributed by atoms with Gasteiger partial charge in [-0.3, -0.25) is 9.69 Å². The highest BCUT2D eigenvalue weighted by molar-refractivity contribution is 7.80. The first-order valence-corrected chi connectivity index (χ1v) is 7.69. The summed E-state index contributed by atoms with van der Waals surface area (Å²) >= 11 is 5.05. The first-order chi connectivity index (χ1) is 9.49. The molecule has 0 spiro atoms. The van der Waals surface area contributed by atoms with Crippen molar-refractivity contribution in [1.82, 2.24) is 9.47 Å². The number of rotatable bonds is 4. The van der Waals surface area contributed by atoms with E-state index in [4.69, 9.17) is 18.0 Å². The molecule has 2 N–H and O–H groups in total. The minimum absolute atomic E-state index is 0.0319. The third kappa shape index (κ3) is 2.65. The van der Waals surface area contributed by atoms with E-state index in [9.17, 15) is 4.79 Å². The molecule has 1 unspecified atom stereocenters. The Kier molecular flexibility index (Phi) is 4.60. The van der Waals surface area contributed by atoms with Gasteiger partial charge in [0.25, 0.3) is 5.56 Å². The SMILES string of the molecule is CCC(C)n1c2c(cc(C(N)=S)c1=O)CN(CC)CC2. The van der Waals surface area contributed by atoms with Crippen LogP contribution in [-0.4, -0.2) is 27.5 Å².